The first-order valence-corrected chi connectivity index (χ1v) is 7.36. The molecule has 0 heterocycles. The molecule has 0 atom stereocenters. The Morgan fingerprint density at radius 2 is 2.04 bits per heavy atom. The normalized spacial score (nSPS) is 9.65. The largest absolute Gasteiger partial charge is 0.489 e. The minimum atomic E-state index is -0.443. The summed E-state index contributed by atoms with van der Waals surface area (Å²) in [4.78, 5) is 22.6. The summed E-state index contributed by atoms with van der Waals surface area (Å²) in [7, 11) is 1.27. The number of methoxy groups -OCH3 is 1. The second-order valence-electron chi connectivity index (χ2n) is 4.85. The highest BCUT2D eigenvalue weighted by molar-refractivity contribution is 7.80. The third-order valence-electron chi connectivity index (χ3n) is 2.61. The Kier molecular flexibility index (Phi) is 7.76. The molecule has 0 unspecified atom stereocenters. The highest BCUT2D eigenvalue weighted by Gasteiger charge is 2.08. The molecule has 0 aliphatic heterocycles. The van der Waals surface area contributed by atoms with E-state index in [0.717, 1.165) is 5.57 Å². The lowest BCUT2D eigenvalue weighted by atomic mass is 10.3. The van der Waals surface area contributed by atoms with Gasteiger partial charge in [-0.15, -0.1) is 0 Å². The van der Waals surface area contributed by atoms with E-state index in [4.69, 9.17) is 17.0 Å². The van der Waals surface area contributed by atoms with Crippen LogP contribution in [-0.2, 0) is 14.3 Å². The zero-order chi connectivity index (χ0) is 17.2. The number of nitrogens with one attached hydrogen (secondary N) is 2. The third kappa shape index (κ3) is 7.96. The van der Waals surface area contributed by atoms with Crippen LogP contribution in [0.25, 0.3) is 0 Å². The van der Waals surface area contributed by atoms with Gasteiger partial charge in [0.1, 0.15) is 12.4 Å². The van der Waals surface area contributed by atoms with Crippen molar-refractivity contribution in [3.8, 4) is 5.75 Å². The van der Waals surface area contributed by atoms with Crippen molar-refractivity contribution < 1.29 is 19.1 Å². The number of hydrogen-bond donors (Lipinski definition) is 2. The Labute approximate surface area is 140 Å². The number of hydrogen-bond acceptors (Lipinski definition) is 5. The molecule has 2 N–H and O–H groups in total. The van der Waals surface area contributed by atoms with Crippen LogP contribution >= 0.6 is 12.2 Å². The lowest BCUT2D eigenvalue weighted by Crippen LogP contribution is -2.34. The second-order valence-corrected chi connectivity index (χ2v) is 5.26. The van der Waals surface area contributed by atoms with Crippen LogP contribution < -0.4 is 15.4 Å². The topological polar surface area (TPSA) is 76.7 Å². The van der Waals surface area contributed by atoms with Crippen LogP contribution in [-0.4, -0.2) is 30.7 Å². The van der Waals surface area contributed by atoms with Crippen molar-refractivity contribution in [2.45, 2.75) is 19.8 Å². The van der Waals surface area contributed by atoms with E-state index in [2.05, 4.69) is 21.9 Å². The molecule has 0 bridgehead atoms. The summed E-state index contributed by atoms with van der Waals surface area (Å²) >= 11 is 5.06. The fourth-order valence-electron chi connectivity index (χ4n) is 1.54. The molecule has 0 saturated heterocycles. The molecule has 1 amide bonds. The van der Waals surface area contributed by atoms with Crippen molar-refractivity contribution in [2.75, 3.05) is 19.0 Å². The van der Waals surface area contributed by atoms with Gasteiger partial charge < -0.3 is 20.1 Å². The van der Waals surface area contributed by atoms with Gasteiger partial charge in [0.25, 0.3) is 0 Å². The maximum atomic E-state index is 11.6. The smallest absolute Gasteiger partial charge is 0.306 e. The fourth-order valence-corrected chi connectivity index (χ4v) is 1.77. The molecule has 0 fully saturated rings. The van der Waals surface area contributed by atoms with Gasteiger partial charge in [-0.1, -0.05) is 12.6 Å². The molecule has 7 heteroatoms. The molecule has 1 aromatic carbocycles. The van der Waals surface area contributed by atoms with Gasteiger partial charge in [0, 0.05) is 18.2 Å². The van der Waals surface area contributed by atoms with E-state index >= 15 is 0 Å². The van der Waals surface area contributed by atoms with E-state index in [9.17, 15) is 9.59 Å². The van der Waals surface area contributed by atoms with Crippen LogP contribution in [0, 0.1) is 0 Å². The minimum Gasteiger partial charge on any atom is -0.489 e. The molecule has 0 aliphatic rings. The summed E-state index contributed by atoms with van der Waals surface area (Å²) in [6.45, 7) is 6.07. The number of thiocarbonyl (C=S) groups is 1. The number of rotatable bonds is 7. The van der Waals surface area contributed by atoms with E-state index < -0.39 is 5.97 Å². The van der Waals surface area contributed by atoms with E-state index in [1.54, 1.807) is 18.2 Å². The van der Waals surface area contributed by atoms with Gasteiger partial charge in [0.2, 0.25) is 5.91 Å². The third-order valence-corrected chi connectivity index (χ3v) is 2.82. The van der Waals surface area contributed by atoms with Gasteiger partial charge in [-0.25, -0.2) is 0 Å². The summed E-state index contributed by atoms with van der Waals surface area (Å²) < 4.78 is 9.99. The van der Waals surface area contributed by atoms with Gasteiger partial charge in [0.15, 0.2) is 5.11 Å². The maximum absolute atomic E-state index is 11.6. The Bertz CT molecular complexity index is 601. The molecule has 0 aromatic heterocycles. The zero-order valence-electron chi connectivity index (χ0n) is 13.2. The quantitative estimate of drug-likeness (QED) is 0.452. The van der Waals surface area contributed by atoms with Gasteiger partial charge in [0.05, 0.1) is 13.5 Å². The van der Waals surface area contributed by atoms with Gasteiger partial charge >= 0.3 is 5.97 Å². The fraction of sp³-hybridized carbons (Fsp3) is 0.312. The first-order chi connectivity index (χ1) is 10.9. The summed E-state index contributed by atoms with van der Waals surface area (Å²) in [6.07, 6.45) is 0.0193. The minimum absolute atomic E-state index is 0.00910. The zero-order valence-corrected chi connectivity index (χ0v) is 14.0. The van der Waals surface area contributed by atoms with Gasteiger partial charge in [-0.2, -0.15) is 0 Å². The van der Waals surface area contributed by atoms with Crippen LogP contribution in [0.5, 0.6) is 5.75 Å². The molecule has 23 heavy (non-hydrogen) atoms. The average Bonchev–Trinajstić information content (AvgIpc) is 2.50. The molecule has 0 spiro atoms. The number of carbonyl (C=O) groups is 2. The first-order valence-electron chi connectivity index (χ1n) is 6.95. The van der Waals surface area contributed by atoms with Gasteiger partial charge in [-0.05, 0) is 36.8 Å². The molecular formula is C16H20N2O4S. The highest BCUT2D eigenvalue weighted by Crippen LogP contribution is 2.17. The molecule has 124 valence electrons. The Morgan fingerprint density at radius 1 is 1.30 bits per heavy atom. The lowest BCUT2D eigenvalue weighted by Gasteiger charge is -2.11. The van der Waals surface area contributed by atoms with Crippen LogP contribution in [0.3, 0.4) is 0 Å². The Morgan fingerprint density at radius 3 is 2.70 bits per heavy atom. The molecule has 0 saturated carbocycles. The molecule has 0 radical (unpaired) electrons. The predicted octanol–water partition coefficient (Wildman–Crippen LogP) is 2.41. The highest BCUT2D eigenvalue weighted by atomic mass is 32.1. The van der Waals surface area contributed by atoms with E-state index in [-0.39, 0.29) is 23.9 Å². The maximum Gasteiger partial charge on any atom is 0.306 e. The summed E-state index contributed by atoms with van der Waals surface area (Å²) in [5.41, 5.74) is 1.60. The van der Waals surface area contributed by atoms with Crippen molar-refractivity contribution >= 4 is 34.9 Å². The first kappa shape index (κ1) is 18.6. The molecular weight excluding hydrogens is 316 g/mol. The number of benzene rings is 1. The van der Waals surface area contributed by atoms with E-state index in [0.29, 0.717) is 18.0 Å². The molecule has 0 aliphatic carbocycles. The monoisotopic (exact) mass is 336 g/mol. The van der Waals surface area contributed by atoms with E-state index in [1.807, 2.05) is 13.0 Å². The number of anilines is 1. The number of esters is 1. The number of amides is 1. The predicted molar refractivity (Wildman–Crippen MR) is 92.4 cm³/mol. The number of ether oxygens (including phenoxy) is 2. The summed E-state index contributed by atoms with van der Waals surface area (Å²) in [5, 5.41) is 5.53. The second kappa shape index (κ2) is 9.58. The van der Waals surface area contributed by atoms with Crippen molar-refractivity contribution in [1.29, 1.82) is 0 Å². The summed E-state index contributed by atoms with van der Waals surface area (Å²) in [5.74, 6) is -0.137. The van der Waals surface area contributed by atoms with Crippen LogP contribution in [0.2, 0.25) is 0 Å². The van der Waals surface area contributed by atoms with Crippen LogP contribution in [0.4, 0.5) is 5.69 Å². The Hall–Kier alpha value is -2.41. The van der Waals surface area contributed by atoms with Crippen LogP contribution in [0.1, 0.15) is 19.8 Å². The lowest BCUT2D eigenvalue weighted by molar-refractivity contribution is -0.142. The van der Waals surface area contributed by atoms with E-state index in [1.165, 1.54) is 7.11 Å². The molecule has 1 aromatic rings. The van der Waals surface area contributed by atoms with Crippen LogP contribution in [0.15, 0.2) is 36.4 Å². The average molecular weight is 336 g/mol. The Balaban J connectivity index is 2.47. The van der Waals surface area contributed by atoms with Crippen molar-refractivity contribution in [1.82, 2.24) is 5.32 Å². The summed E-state index contributed by atoms with van der Waals surface area (Å²) in [6, 6.07) is 7.17. The molecule has 1 rings (SSSR count). The standard InChI is InChI=1S/C16H20N2O4S/c1-11(2)10-22-13-6-4-5-12(9-13)17-16(23)18-14(19)7-8-15(20)21-3/h4-6,9H,1,7-8,10H2,2-3H3,(H2,17,18,19,23). The van der Waals surface area contributed by atoms with Crippen molar-refractivity contribution in [3.05, 3.63) is 36.4 Å². The molecule has 6 nitrogen and oxygen atoms in total. The SMILES string of the molecule is C=C(C)COc1cccc(NC(=S)NC(=O)CCC(=O)OC)c1. The van der Waals surface area contributed by atoms with Gasteiger partial charge in [-0.3, -0.25) is 9.59 Å². The van der Waals surface area contributed by atoms with Crippen molar-refractivity contribution in [2.24, 2.45) is 0 Å². The van der Waals surface area contributed by atoms with Crippen molar-refractivity contribution in [3.63, 3.8) is 0 Å². The number of carbonyl (C=O) groups excluding carboxylic acids is 2.